The van der Waals surface area contributed by atoms with Gasteiger partial charge in [-0.1, -0.05) is 43.3 Å². The van der Waals surface area contributed by atoms with E-state index in [4.69, 9.17) is 41.1 Å². The van der Waals surface area contributed by atoms with E-state index in [0.29, 0.717) is 78.4 Å². The van der Waals surface area contributed by atoms with Crippen molar-refractivity contribution in [3.05, 3.63) is 99.8 Å². The molecule has 2 N–H and O–H groups in total. The zero-order chi connectivity index (χ0) is 51.0. The Balaban J connectivity index is 0.00000214. The van der Waals surface area contributed by atoms with Gasteiger partial charge < -0.3 is 39.5 Å². The van der Waals surface area contributed by atoms with Crippen LogP contribution in [0, 0.1) is 11.3 Å². The number of nitriles is 1. The number of benzene rings is 2. The Kier molecular flexibility index (Phi) is 16.9. The first kappa shape index (κ1) is 51.8. The number of aromatic nitrogens is 6. The highest BCUT2D eigenvalue weighted by molar-refractivity contribution is 7.89. The van der Waals surface area contributed by atoms with Crippen LogP contribution in [0.4, 0.5) is 23.1 Å². The number of fused-ring (bicyclic) bond motifs is 3. The number of rotatable bonds is 16. The SMILES string of the molecule is C=C(COc1ccc(CNc2cc(N3CCCCC3)nc3c(CC)cnn23)cn1)S(=O)c1ccc(N2CCc3c(nc(OCC4CCCN4C)nc3N3CCN(C)C(CC#N)C3)C2)c2c(Cl)cccc12.CCO. The standard InChI is InChI=1S/C52H62ClN13O3S.C2H6O/c1-5-37-30-57-66-46(27-47(59-50(37)66)63-22-7-6-8-23-63)55-28-36-14-17-48(56-29-36)68-33-35(2)70(67)45-16-15-44(49-41(45)12-9-13-42(49)53)64-24-19-40-43(32-64)58-52(69-34-39-11-10-21-61(39)3)60-51(40)65-26-25-62(4)38(31-65)18-20-54;1-2-3/h9,12-17,27,29-30,38-39,55H,2,5-8,10-11,18-19,21-26,28,31-34H2,1,3-4H3;3H,2H2,1H3. The third-order valence-electron chi connectivity index (χ3n) is 14.5. The van der Waals surface area contributed by atoms with Crippen LogP contribution in [0.2, 0.25) is 5.02 Å². The van der Waals surface area contributed by atoms with Crippen LogP contribution in [-0.4, -0.2) is 140 Å². The summed E-state index contributed by atoms with van der Waals surface area (Å²) in [7, 11) is 2.61. The van der Waals surface area contributed by atoms with Gasteiger partial charge in [0.2, 0.25) is 5.88 Å². The number of ether oxygens (including phenoxy) is 2. The highest BCUT2D eigenvalue weighted by Crippen LogP contribution is 2.40. The maximum Gasteiger partial charge on any atom is 0.318 e. The quantitative estimate of drug-likeness (QED) is 0.0966. The number of likely N-dealkylation sites (tertiary alicyclic amines) is 1. The molecule has 0 spiro atoms. The number of piperazine rings is 1. The summed E-state index contributed by atoms with van der Waals surface area (Å²) in [4.78, 5) is 32.4. The number of halogens is 1. The van der Waals surface area contributed by atoms with E-state index in [1.165, 1.54) is 19.3 Å². The van der Waals surface area contributed by atoms with Crippen LogP contribution in [0.25, 0.3) is 16.4 Å². The zero-order valence-corrected chi connectivity index (χ0v) is 44.2. The lowest BCUT2D eigenvalue weighted by Crippen LogP contribution is -2.52. The van der Waals surface area contributed by atoms with Gasteiger partial charge in [-0.05, 0) is 96.3 Å². The Morgan fingerprint density at radius 1 is 0.932 bits per heavy atom. The minimum atomic E-state index is -1.62. The van der Waals surface area contributed by atoms with Crippen molar-refractivity contribution in [1.82, 2.24) is 39.3 Å². The molecule has 17 nitrogen and oxygen atoms in total. The largest absolute Gasteiger partial charge is 0.472 e. The number of hydrogen-bond donors (Lipinski definition) is 2. The molecule has 4 aromatic heterocycles. The summed E-state index contributed by atoms with van der Waals surface area (Å²) in [5.41, 5.74) is 5.93. The molecule has 2 aromatic carbocycles. The second kappa shape index (κ2) is 23.8. The fourth-order valence-electron chi connectivity index (χ4n) is 10.3. The Bertz CT molecular complexity index is 2960. The normalized spacial score (nSPS) is 18.8. The Labute approximate surface area is 436 Å². The highest BCUT2D eigenvalue weighted by Gasteiger charge is 2.32. The smallest absolute Gasteiger partial charge is 0.318 e. The molecule has 0 radical (unpaired) electrons. The molecular formula is C54H68ClN13O4S. The molecule has 0 amide bonds. The molecule has 19 heteroatoms. The lowest BCUT2D eigenvalue weighted by atomic mass is 10.0. The predicted octanol–water partition coefficient (Wildman–Crippen LogP) is 7.65. The summed E-state index contributed by atoms with van der Waals surface area (Å²) in [5, 5.41) is 27.6. The summed E-state index contributed by atoms with van der Waals surface area (Å²) < 4.78 is 28.7. The summed E-state index contributed by atoms with van der Waals surface area (Å²) in [6, 6.07) is 18.8. The zero-order valence-electron chi connectivity index (χ0n) is 42.6. The average Bonchev–Trinajstić information content (AvgIpc) is 4.04. The van der Waals surface area contributed by atoms with Crippen LogP contribution in [-0.2, 0) is 36.7 Å². The van der Waals surface area contributed by atoms with Gasteiger partial charge in [-0.25, -0.2) is 14.2 Å². The van der Waals surface area contributed by atoms with Gasteiger partial charge in [0.15, 0.2) is 5.65 Å². The minimum absolute atomic E-state index is 0.0191. The maximum absolute atomic E-state index is 14.3. The van der Waals surface area contributed by atoms with Crippen molar-refractivity contribution in [2.24, 2.45) is 0 Å². The second-order valence-electron chi connectivity index (χ2n) is 19.3. The van der Waals surface area contributed by atoms with Gasteiger partial charge in [-0.3, -0.25) is 4.90 Å². The van der Waals surface area contributed by atoms with E-state index in [1.807, 2.05) is 53.2 Å². The summed E-state index contributed by atoms with van der Waals surface area (Å²) in [6.07, 6.45) is 11.5. The summed E-state index contributed by atoms with van der Waals surface area (Å²) in [6.45, 7) is 16.0. The first-order chi connectivity index (χ1) is 35.6. The van der Waals surface area contributed by atoms with E-state index in [-0.39, 0.29) is 19.3 Å². The van der Waals surface area contributed by atoms with Gasteiger partial charge in [0.1, 0.15) is 30.7 Å². The lowest BCUT2D eigenvalue weighted by molar-refractivity contribution is 0.186. The number of hydrogen-bond acceptors (Lipinski definition) is 16. The van der Waals surface area contributed by atoms with Crippen molar-refractivity contribution in [3.63, 3.8) is 0 Å². The van der Waals surface area contributed by atoms with Crippen molar-refractivity contribution in [2.45, 2.75) is 95.3 Å². The molecule has 3 fully saturated rings. The van der Waals surface area contributed by atoms with Crippen molar-refractivity contribution < 1.29 is 18.8 Å². The van der Waals surface area contributed by atoms with Gasteiger partial charge in [0, 0.05) is 110 Å². The fourth-order valence-corrected chi connectivity index (χ4v) is 11.6. The Hall–Kier alpha value is -6.10. The lowest BCUT2D eigenvalue weighted by Gasteiger charge is -2.41. The van der Waals surface area contributed by atoms with Crippen molar-refractivity contribution in [3.8, 4) is 18.0 Å². The van der Waals surface area contributed by atoms with E-state index < -0.39 is 10.8 Å². The number of nitrogens with one attached hydrogen (secondary N) is 1. The van der Waals surface area contributed by atoms with Crippen molar-refractivity contribution >= 4 is 62.0 Å². The average molecular weight is 1030 g/mol. The first-order valence-electron chi connectivity index (χ1n) is 25.7. The Morgan fingerprint density at radius 2 is 1.75 bits per heavy atom. The van der Waals surface area contributed by atoms with Crippen LogP contribution in [0.15, 0.2) is 77.3 Å². The molecule has 4 aliphatic heterocycles. The van der Waals surface area contributed by atoms with E-state index in [9.17, 15) is 9.47 Å². The van der Waals surface area contributed by atoms with E-state index in [1.54, 1.807) is 13.1 Å². The number of aliphatic hydroxyl groups excluding tert-OH is 1. The van der Waals surface area contributed by atoms with Gasteiger partial charge in [-0.15, -0.1) is 0 Å². The number of pyridine rings is 1. The van der Waals surface area contributed by atoms with Gasteiger partial charge >= 0.3 is 6.01 Å². The molecule has 0 saturated carbocycles. The van der Waals surface area contributed by atoms with E-state index in [0.717, 1.165) is 114 Å². The molecule has 4 aliphatic rings. The van der Waals surface area contributed by atoms with Crippen LogP contribution in [0.5, 0.6) is 11.9 Å². The topological polar surface area (TPSA) is 177 Å². The summed E-state index contributed by atoms with van der Waals surface area (Å²) in [5.74, 6) is 3.17. The van der Waals surface area contributed by atoms with Crippen LogP contribution in [0.1, 0.15) is 74.8 Å². The maximum atomic E-state index is 14.3. The van der Waals surface area contributed by atoms with Gasteiger partial charge in [0.05, 0.1) is 56.5 Å². The molecule has 6 aromatic rings. The molecule has 0 aliphatic carbocycles. The number of likely N-dealkylation sites (N-methyl/N-ethyl adjacent to an activating group) is 2. The number of anilines is 4. The number of aryl methyl sites for hydroxylation is 1. The highest BCUT2D eigenvalue weighted by atomic mass is 35.5. The molecular weight excluding hydrogens is 962 g/mol. The molecule has 10 rings (SSSR count). The molecule has 73 heavy (non-hydrogen) atoms. The third kappa shape index (κ3) is 11.7. The fraction of sp³-hybridized carbons (Fsp3) is 0.481. The van der Waals surface area contributed by atoms with Crippen molar-refractivity contribution in [1.29, 1.82) is 5.26 Å². The predicted molar refractivity (Wildman–Crippen MR) is 290 cm³/mol. The van der Waals surface area contributed by atoms with Crippen LogP contribution >= 0.6 is 11.6 Å². The number of aliphatic hydroxyl groups is 1. The molecule has 386 valence electrons. The molecule has 8 heterocycles. The molecule has 3 unspecified atom stereocenters. The Morgan fingerprint density at radius 3 is 2.51 bits per heavy atom. The van der Waals surface area contributed by atoms with Crippen LogP contribution in [0.3, 0.4) is 0 Å². The van der Waals surface area contributed by atoms with Gasteiger partial charge in [0.25, 0.3) is 0 Å². The number of nitrogens with zero attached hydrogens (tertiary/aromatic N) is 12. The minimum Gasteiger partial charge on any atom is -0.472 e. The first-order valence-corrected chi connectivity index (χ1v) is 27.3. The summed E-state index contributed by atoms with van der Waals surface area (Å²) >= 11 is 7.06. The van der Waals surface area contributed by atoms with Gasteiger partial charge in [-0.2, -0.15) is 24.8 Å². The second-order valence-corrected chi connectivity index (χ2v) is 21.2. The van der Waals surface area contributed by atoms with Crippen LogP contribution < -0.4 is 29.5 Å². The third-order valence-corrected chi connectivity index (χ3v) is 16.2. The van der Waals surface area contributed by atoms with E-state index >= 15 is 0 Å². The molecule has 0 bridgehead atoms. The van der Waals surface area contributed by atoms with Crippen molar-refractivity contribution in [2.75, 3.05) is 99.7 Å². The number of piperidine rings is 1. The molecule has 3 atom stereocenters. The monoisotopic (exact) mass is 1030 g/mol. The molecule has 3 saturated heterocycles. The van der Waals surface area contributed by atoms with E-state index in [2.05, 4.69) is 79.6 Å².